The Morgan fingerprint density at radius 1 is 1.88 bits per heavy atom. The minimum absolute atomic E-state index is 0.549. The quantitative estimate of drug-likeness (QED) is 0.369. The average molecular weight is 115 g/mol. The summed E-state index contributed by atoms with van der Waals surface area (Å²) in [7, 11) is 0. The van der Waals surface area contributed by atoms with Crippen molar-refractivity contribution in [3.8, 4) is 6.07 Å². The SMILES string of the molecule is C=C(C#N)C(=O)OF. The Morgan fingerprint density at radius 3 is 2.50 bits per heavy atom. The summed E-state index contributed by atoms with van der Waals surface area (Å²) in [6.07, 6.45) is 0. The highest BCUT2D eigenvalue weighted by atomic mass is 19.3. The predicted molar refractivity (Wildman–Crippen MR) is 22.0 cm³/mol. The molecular formula is C4H2FNO2. The third-order valence-corrected chi connectivity index (χ3v) is 0.451. The second-order valence-electron chi connectivity index (χ2n) is 0.955. The van der Waals surface area contributed by atoms with Crippen molar-refractivity contribution in [1.82, 2.24) is 0 Å². The molecule has 3 nitrogen and oxygen atoms in total. The fraction of sp³-hybridized carbons (Fsp3) is 0. The van der Waals surface area contributed by atoms with Crippen LogP contribution in [0.4, 0.5) is 4.53 Å². The van der Waals surface area contributed by atoms with Crippen molar-refractivity contribution >= 4 is 5.97 Å². The van der Waals surface area contributed by atoms with Crippen LogP contribution in [0.25, 0.3) is 0 Å². The number of rotatable bonds is 1. The lowest BCUT2D eigenvalue weighted by molar-refractivity contribution is -0.177. The summed E-state index contributed by atoms with van der Waals surface area (Å²) in [5.74, 6) is -1.34. The largest absolute Gasteiger partial charge is 0.389 e. The molecule has 0 aliphatic rings. The Hall–Kier alpha value is -1.37. The van der Waals surface area contributed by atoms with Gasteiger partial charge in [0, 0.05) is 4.53 Å². The van der Waals surface area contributed by atoms with Crippen molar-refractivity contribution in [2.75, 3.05) is 0 Å². The van der Waals surface area contributed by atoms with E-state index >= 15 is 0 Å². The lowest BCUT2D eigenvalue weighted by atomic mass is 10.4. The third-order valence-electron chi connectivity index (χ3n) is 0.451. The number of nitriles is 1. The third kappa shape index (κ3) is 1.39. The predicted octanol–water partition coefficient (Wildman–Crippen LogP) is 0.494. The van der Waals surface area contributed by atoms with Gasteiger partial charge in [-0.1, -0.05) is 6.58 Å². The van der Waals surface area contributed by atoms with E-state index in [1.54, 1.807) is 0 Å². The van der Waals surface area contributed by atoms with E-state index in [4.69, 9.17) is 5.26 Å². The van der Waals surface area contributed by atoms with Crippen molar-refractivity contribution in [3.63, 3.8) is 0 Å². The van der Waals surface area contributed by atoms with E-state index in [1.165, 1.54) is 6.07 Å². The van der Waals surface area contributed by atoms with Gasteiger partial charge in [0.15, 0.2) is 0 Å². The smallest absolute Gasteiger partial charge is 0.249 e. The van der Waals surface area contributed by atoms with Crippen LogP contribution in [0, 0.1) is 11.3 Å². The Labute approximate surface area is 44.9 Å². The zero-order valence-corrected chi connectivity index (χ0v) is 3.85. The van der Waals surface area contributed by atoms with Crippen molar-refractivity contribution in [2.24, 2.45) is 0 Å². The van der Waals surface area contributed by atoms with Crippen LogP contribution in [0.15, 0.2) is 12.2 Å². The van der Waals surface area contributed by atoms with Gasteiger partial charge in [-0.3, -0.25) is 0 Å². The Bertz CT molecular complexity index is 158. The van der Waals surface area contributed by atoms with E-state index in [0.717, 1.165) is 0 Å². The van der Waals surface area contributed by atoms with Gasteiger partial charge in [0.2, 0.25) is 0 Å². The molecule has 0 unspecified atom stereocenters. The second kappa shape index (κ2) is 2.75. The van der Waals surface area contributed by atoms with Crippen molar-refractivity contribution in [3.05, 3.63) is 12.2 Å². The number of halogens is 1. The number of carbonyl (C=O) groups is 1. The molecule has 42 valence electrons. The van der Waals surface area contributed by atoms with E-state index in [0.29, 0.717) is 0 Å². The fourth-order valence-corrected chi connectivity index (χ4v) is 0.0922. The molecule has 0 spiro atoms. The van der Waals surface area contributed by atoms with Crippen LogP contribution >= 0.6 is 0 Å². The minimum atomic E-state index is -1.34. The maximum absolute atomic E-state index is 10.8. The number of nitrogens with zero attached hydrogens (tertiary/aromatic N) is 1. The molecular weight excluding hydrogens is 113 g/mol. The molecule has 8 heavy (non-hydrogen) atoms. The highest BCUT2D eigenvalue weighted by molar-refractivity contribution is 5.91. The van der Waals surface area contributed by atoms with E-state index in [-0.39, 0.29) is 0 Å². The van der Waals surface area contributed by atoms with Crippen LogP contribution in [0.5, 0.6) is 0 Å². The first-order chi connectivity index (χ1) is 3.72. The van der Waals surface area contributed by atoms with Gasteiger partial charge in [-0.2, -0.15) is 5.26 Å². The van der Waals surface area contributed by atoms with Crippen LogP contribution in [-0.2, 0) is 9.74 Å². The van der Waals surface area contributed by atoms with Crippen LogP contribution in [-0.4, -0.2) is 5.97 Å². The fourth-order valence-electron chi connectivity index (χ4n) is 0.0922. The summed E-state index contributed by atoms with van der Waals surface area (Å²) in [5.41, 5.74) is -0.549. The van der Waals surface area contributed by atoms with Crippen LogP contribution < -0.4 is 0 Å². The highest BCUT2D eigenvalue weighted by Gasteiger charge is 2.05. The van der Waals surface area contributed by atoms with Gasteiger partial charge in [0.1, 0.15) is 11.6 Å². The van der Waals surface area contributed by atoms with Gasteiger partial charge in [0.25, 0.3) is 0 Å². The summed E-state index contributed by atoms with van der Waals surface area (Å²) >= 11 is 0. The number of hydrogen-bond acceptors (Lipinski definition) is 3. The molecule has 0 aliphatic carbocycles. The summed E-state index contributed by atoms with van der Waals surface area (Å²) in [4.78, 5) is 12.5. The van der Waals surface area contributed by atoms with Gasteiger partial charge < -0.3 is 0 Å². The first-order valence-corrected chi connectivity index (χ1v) is 1.64. The molecule has 0 amide bonds. The standard InChI is InChI=1S/C4H2FNO2/c1-3(2-6)4(7)8-5/h1H2. The highest BCUT2D eigenvalue weighted by Crippen LogP contribution is 1.90. The van der Waals surface area contributed by atoms with Crippen molar-refractivity contribution in [1.29, 1.82) is 5.26 Å². The Morgan fingerprint density at radius 2 is 2.38 bits per heavy atom. The molecule has 0 aromatic carbocycles. The maximum atomic E-state index is 10.8. The van der Waals surface area contributed by atoms with Gasteiger partial charge in [-0.15, -0.1) is 0 Å². The molecule has 0 aromatic heterocycles. The monoisotopic (exact) mass is 115 g/mol. The van der Waals surface area contributed by atoms with Crippen LogP contribution in [0.1, 0.15) is 0 Å². The molecule has 0 bridgehead atoms. The average Bonchev–Trinajstić information content (AvgIpc) is 1.84. The van der Waals surface area contributed by atoms with Crippen molar-refractivity contribution in [2.45, 2.75) is 0 Å². The van der Waals surface area contributed by atoms with E-state index < -0.39 is 11.5 Å². The molecule has 0 heterocycles. The van der Waals surface area contributed by atoms with Gasteiger partial charge in [-0.05, 0) is 0 Å². The van der Waals surface area contributed by atoms with Gasteiger partial charge in [0.05, 0.1) is 0 Å². The first-order valence-electron chi connectivity index (χ1n) is 1.64. The summed E-state index contributed by atoms with van der Waals surface area (Å²) in [6.45, 7) is 2.87. The summed E-state index contributed by atoms with van der Waals surface area (Å²) in [6, 6.07) is 1.31. The summed E-state index contributed by atoms with van der Waals surface area (Å²) in [5, 5.41) is 7.82. The number of hydrogen-bond donors (Lipinski definition) is 0. The molecule has 4 heteroatoms. The maximum Gasteiger partial charge on any atom is 0.389 e. The Kier molecular flexibility index (Phi) is 2.28. The van der Waals surface area contributed by atoms with E-state index in [9.17, 15) is 9.32 Å². The normalized spacial score (nSPS) is 7.00. The van der Waals surface area contributed by atoms with Crippen molar-refractivity contribution < 1.29 is 14.3 Å². The second-order valence-corrected chi connectivity index (χ2v) is 0.955. The molecule has 0 aromatic rings. The molecule has 0 N–H and O–H groups in total. The lowest BCUT2D eigenvalue weighted by Gasteiger charge is -1.82. The first kappa shape index (κ1) is 6.63. The molecule has 0 radical (unpaired) electrons. The number of carbonyl (C=O) groups excluding carboxylic acids is 1. The molecule has 0 rings (SSSR count). The molecule has 0 saturated carbocycles. The lowest BCUT2D eigenvalue weighted by Crippen LogP contribution is -1.97. The van der Waals surface area contributed by atoms with Crippen LogP contribution in [0.3, 0.4) is 0 Å². The molecule has 0 aliphatic heterocycles. The summed E-state index contributed by atoms with van der Waals surface area (Å²) < 4.78 is 10.8. The Balaban J connectivity index is 3.89. The topological polar surface area (TPSA) is 50.1 Å². The zero-order valence-electron chi connectivity index (χ0n) is 3.85. The molecule has 0 atom stereocenters. The van der Waals surface area contributed by atoms with Gasteiger partial charge in [-0.25, -0.2) is 9.74 Å². The van der Waals surface area contributed by atoms with Gasteiger partial charge >= 0.3 is 5.97 Å². The van der Waals surface area contributed by atoms with E-state index in [1.807, 2.05) is 0 Å². The van der Waals surface area contributed by atoms with Crippen LogP contribution in [0.2, 0.25) is 0 Å². The van der Waals surface area contributed by atoms with E-state index in [2.05, 4.69) is 11.5 Å². The zero-order chi connectivity index (χ0) is 6.57. The molecule has 0 saturated heterocycles. The molecule has 0 fully saturated rings. The minimum Gasteiger partial charge on any atom is -0.249 e.